The predicted octanol–water partition coefficient (Wildman–Crippen LogP) is 3.92. The fourth-order valence-electron chi connectivity index (χ4n) is 2.66. The minimum Gasteiger partial charge on any atom is -0.324 e. The molecule has 0 aliphatic heterocycles. The minimum absolute atomic E-state index is 0.195. The van der Waals surface area contributed by atoms with Crippen LogP contribution in [0.1, 0.15) is 11.1 Å². The Bertz CT molecular complexity index is 1320. The van der Waals surface area contributed by atoms with Crippen LogP contribution >= 0.6 is 34.7 Å². The molecule has 0 atom stereocenters. The molecular formula is C18H12ClFN4O2S2. The van der Waals surface area contributed by atoms with Gasteiger partial charge in [0.1, 0.15) is 4.70 Å². The van der Waals surface area contributed by atoms with E-state index in [4.69, 9.17) is 11.6 Å². The van der Waals surface area contributed by atoms with Gasteiger partial charge in [0, 0.05) is 23.0 Å². The molecule has 0 bridgehead atoms. The molecule has 0 aliphatic carbocycles. The number of nitrogens with zero attached hydrogens (tertiary/aromatic N) is 3. The maximum Gasteiger partial charge on any atom is 0.284 e. The van der Waals surface area contributed by atoms with Gasteiger partial charge >= 0.3 is 0 Å². The lowest BCUT2D eigenvalue weighted by Gasteiger charge is -2.12. The number of hydrogen-bond acceptors (Lipinski definition) is 6. The van der Waals surface area contributed by atoms with Gasteiger partial charge in [-0.25, -0.2) is 14.4 Å². The summed E-state index contributed by atoms with van der Waals surface area (Å²) < 4.78 is 15.5. The quantitative estimate of drug-likeness (QED) is 0.389. The molecule has 0 saturated carbocycles. The molecule has 0 saturated heterocycles. The lowest BCUT2D eigenvalue weighted by atomic mass is 10.1. The first-order chi connectivity index (χ1) is 13.4. The second-order valence-corrected chi connectivity index (χ2v) is 8.17. The smallest absolute Gasteiger partial charge is 0.284 e. The molecule has 3 aromatic heterocycles. The lowest BCUT2D eigenvalue weighted by molar-refractivity contribution is 0.605. The molecule has 0 fully saturated rings. The Labute approximate surface area is 171 Å². The summed E-state index contributed by atoms with van der Waals surface area (Å²) in [6, 6.07) is 6.59. The first kappa shape index (κ1) is 18.9. The van der Waals surface area contributed by atoms with Crippen molar-refractivity contribution in [2.24, 2.45) is 0 Å². The maximum atomic E-state index is 13.8. The Balaban J connectivity index is 1.83. The average Bonchev–Trinajstić information content (AvgIpc) is 3.12. The highest BCUT2D eigenvalue weighted by atomic mass is 35.5. The van der Waals surface area contributed by atoms with Gasteiger partial charge in [0.2, 0.25) is 0 Å². The van der Waals surface area contributed by atoms with Crippen LogP contribution in [0.2, 0.25) is 5.02 Å². The average molecular weight is 435 g/mol. The summed E-state index contributed by atoms with van der Waals surface area (Å²) in [5.74, 6) is -0.449. The molecule has 1 N–H and O–H groups in total. The fraction of sp³-hybridized carbons (Fsp3) is 0.111. The molecule has 6 nitrogen and oxygen atoms in total. The van der Waals surface area contributed by atoms with Crippen LogP contribution in [0.4, 0.5) is 4.39 Å². The topological polar surface area (TPSA) is 80.6 Å². The van der Waals surface area contributed by atoms with Crippen molar-refractivity contribution in [1.82, 2.24) is 19.5 Å². The van der Waals surface area contributed by atoms with Crippen molar-refractivity contribution in [2.75, 3.05) is 0 Å². The maximum absolute atomic E-state index is 13.8. The number of aromatic amines is 1. The Morgan fingerprint density at radius 2 is 2.14 bits per heavy atom. The van der Waals surface area contributed by atoms with Crippen molar-refractivity contribution >= 4 is 45.0 Å². The Morgan fingerprint density at radius 3 is 2.89 bits per heavy atom. The van der Waals surface area contributed by atoms with Gasteiger partial charge in [-0.05, 0) is 30.2 Å². The van der Waals surface area contributed by atoms with E-state index in [1.807, 2.05) is 19.1 Å². The summed E-state index contributed by atoms with van der Waals surface area (Å²) in [7, 11) is 0. The van der Waals surface area contributed by atoms with Gasteiger partial charge in [-0.3, -0.25) is 14.2 Å². The summed E-state index contributed by atoms with van der Waals surface area (Å²) in [6.45, 7) is 1.95. The Hall–Kier alpha value is -2.49. The standard InChI is InChI=1S/C18H12ClFN4O2S2/c1-9-4-11(19)3-2-10(9)7-27-18-23-15-14(28-8-22-15)17(26)24(18)12-5-13(20)16(25)21-6-12/h2-6,8H,7H2,1H3,(H,21,25). The van der Waals surface area contributed by atoms with Gasteiger partial charge in [0.25, 0.3) is 11.1 Å². The van der Waals surface area contributed by atoms with E-state index in [1.54, 1.807) is 6.07 Å². The zero-order valence-corrected chi connectivity index (χ0v) is 16.8. The number of thiazole rings is 1. The number of benzene rings is 1. The molecule has 0 radical (unpaired) electrons. The Morgan fingerprint density at radius 1 is 1.32 bits per heavy atom. The van der Waals surface area contributed by atoms with Crippen LogP contribution in [0.25, 0.3) is 16.0 Å². The molecular weight excluding hydrogens is 423 g/mol. The van der Waals surface area contributed by atoms with E-state index in [-0.39, 0.29) is 11.2 Å². The summed E-state index contributed by atoms with van der Waals surface area (Å²) in [6.07, 6.45) is 1.29. The van der Waals surface area contributed by atoms with Crippen molar-refractivity contribution in [3.05, 3.63) is 78.6 Å². The molecule has 10 heteroatoms. The van der Waals surface area contributed by atoms with Gasteiger partial charge in [0.05, 0.1) is 11.2 Å². The van der Waals surface area contributed by atoms with E-state index in [0.717, 1.165) is 28.5 Å². The molecule has 28 heavy (non-hydrogen) atoms. The monoisotopic (exact) mass is 434 g/mol. The molecule has 0 spiro atoms. The number of aromatic nitrogens is 4. The second-order valence-electron chi connectivity index (χ2n) is 5.93. The van der Waals surface area contributed by atoms with Crippen molar-refractivity contribution in [3.63, 3.8) is 0 Å². The zero-order chi connectivity index (χ0) is 19.8. The number of halogens is 2. The van der Waals surface area contributed by atoms with Gasteiger partial charge in [0.15, 0.2) is 16.6 Å². The second kappa shape index (κ2) is 7.50. The van der Waals surface area contributed by atoms with Crippen LogP contribution in [0.3, 0.4) is 0 Å². The van der Waals surface area contributed by atoms with E-state index < -0.39 is 11.4 Å². The number of nitrogens with one attached hydrogen (secondary N) is 1. The van der Waals surface area contributed by atoms with E-state index in [9.17, 15) is 14.0 Å². The highest BCUT2D eigenvalue weighted by molar-refractivity contribution is 7.98. The van der Waals surface area contributed by atoms with Crippen LogP contribution < -0.4 is 11.1 Å². The van der Waals surface area contributed by atoms with E-state index in [2.05, 4.69) is 15.0 Å². The van der Waals surface area contributed by atoms with Crippen LogP contribution in [0, 0.1) is 12.7 Å². The number of aryl methyl sites for hydroxylation is 1. The molecule has 4 rings (SSSR count). The van der Waals surface area contributed by atoms with Crippen molar-refractivity contribution < 1.29 is 4.39 Å². The van der Waals surface area contributed by atoms with Crippen molar-refractivity contribution in [1.29, 1.82) is 0 Å². The van der Waals surface area contributed by atoms with Gasteiger partial charge in [-0.1, -0.05) is 29.4 Å². The number of rotatable bonds is 4. The summed E-state index contributed by atoms with van der Waals surface area (Å²) >= 11 is 8.48. The lowest BCUT2D eigenvalue weighted by Crippen LogP contribution is -2.23. The molecule has 142 valence electrons. The molecule has 0 unspecified atom stereocenters. The fourth-order valence-corrected chi connectivity index (χ4v) is 4.62. The first-order valence-corrected chi connectivity index (χ1v) is 10.3. The van der Waals surface area contributed by atoms with Gasteiger partial charge in [-0.15, -0.1) is 11.3 Å². The summed E-state index contributed by atoms with van der Waals surface area (Å²) in [4.78, 5) is 35.2. The van der Waals surface area contributed by atoms with E-state index in [1.165, 1.54) is 28.0 Å². The third-order valence-corrected chi connectivity index (χ3v) is 6.13. The highest BCUT2D eigenvalue weighted by Crippen LogP contribution is 2.27. The third kappa shape index (κ3) is 3.48. The SMILES string of the molecule is Cc1cc(Cl)ccc1CSc1nc2ncsc2c(=O)n1-c1c[nH]c(=O)c(F)c1. The molecule has 4 aromatic rings. The van der Waals surface area contributed by atoms with Gasteiger partial charge < -0.3 is 4.98 Å². The van der Waals surface area contributed by atoms with Crippen LogP contribution in [0.5, 0.6) is 0 Å². The summed E-state index contributed by atoms with van der Waals surface area (Å²) in [5, 5.41) is 0.998. The predicted molar refractivity (Wildman–Crippen MR) is 109 cm³/mol. The Kier molecular flexibility index (Phi) is 5.05. The number of fused-ring (bicyclic) bond motifs is 1. The number of hydrogen-bond donors (Lipinski definition) is 1. The minimum atomic E-state index is -0.974. The van der Waals surface area contributed by atoms with Crippen molar-refractivity contribution in [3.8, 4) is 5.69 Å². The number of H-pyrrole nitrogens is 1. The molecule has 0 amide bonds. The first-order valence-electron chi connectivity index (χ1n) is 8.06. The molecule has 3 heterocycles. The number of thioether (sulfide) groups is 1. The molecule has 0 aliphatic rings. The van der Waals surface area contributed by atoms with E-state index >= 15 is 0 Å². The summed E-state index contributed by atoms with van der Waals surface area (Å²) in [5.41, 5.74) is 2.89. The van der Waals surface area contributed by atoms with Crippen LogP contribution in [-0.4, -0.2) is 19.5 Å². The normalized spacial score (nSPS) is 11.2. The molecule has 1 aromatic carbocycles. The van der Waals surface area contributed by atoms with Crippen LogP contribution in [-0.2, 0) is 5.75 Å². The highest BCUT2D eigenvalue weighted by Gasteiger charge is 2.17. The third-order valence-electron chi connectivity index (χ3n) is 4.10. The van der Waals surface area contributed by atoms with Gasteiger partial charge in [-0.2, -0.15) is 0 Å². The zero-order valence-electron chi connectivity index (χ0n) is 14.4. The van der Waals surface area contributed by atoms with Crippen molar-refractivity contribution in [2.45, 2.75) is 17.8 Å². The van der Waals surface area contributed by atoms with E-state index in [0.29, 0.717) is 26.3 Å². The number of pyridine rings is 1. The largest absolute Gasteiger partial charge is 0.324 e. The van der Waals surface area contributed by atoms with Crippen LogP contribution in [0.15, 0.2) is 50.7 Å².